The van der Waals surface area contributed by atoms with Gasteiger partial charge in [-0.15, -0.1) is 12.4 Å². The Labute approximate surface area is 216 Å². The summed E-state index contributed by atoms with van der Waals surface area (Å²) in [4.78, 5) is 32.2. The smallest absolute Gasteiger partial charge is 0.274 e. The van der Waals surface area contributed by atoms with Crippen molar-refractivity contribution in [1.29, 1.82) is 0 Å². The van der Waals surface area contributed by atoms with Crippen LogP contribution in [0.1, 0.15) is 21.0 Å². The van der Waals surface area contributed by atoms with E-state index < -0.39 is 23.4 Å². The van der Waals surface area contributed by atoms with Gasteiger partial charge in [0, 0.05) is 43.7 Å². The minimum absolute atomic E-state index is 0. The number of halogens is 3. The molecule has 9 nitrogen and oxygen atoms in total. The van der Waals surface area contributed by atoms with E-state index in [4.69, 9.17) is 15.2 Å². The molecule has 37 heavy (non-hydrogen) atoms. The first kappa shape index (κ1) is 26.8. The van der Waals surface area contributed by atoms with E-state index >= 15 is 0 Å². The molecule has 12 heteroatoms. The number of nitrogen functional groups attached to an aromatic ring is 1. The number of nitrogens with one attached hydrogen (secondary N) is 2. The molecule has 4 aromatic rings. The Hall–Kier alpha value is -4.77. The van der Waals surface area contributed by atoms with Gasteiger partial charge in [0.25, 0.3) is 11.8 Å². The maximum absolute atomic E-state index is 14.7. The van der Waals surface area contributed by atoms with Gasteiger partial charge in [-0.25, -0.2) is 8.78 Å². The van der Waals surface area contributed by atoms with E-state index in [0.717, 1.165) is 12.1 Å². The summed E-state index contributed by atoms with van der Waals surface area (Å²) in [5.74, 6) is -1.67. The van der Waals surface area contributed by atoms with Gasteiger partial charge in [0.05, 0.1) is 11.4 Å². The predicted molar refractivity (Wildman–Crippen MR) is 134 cm³/mol. The van der Waals surface area contributed by atoms with Gasteiger partial charge in [-0.2, -0.15) is 0 Å². The molecule has 0 fully saturated rings. The number of nitrogens with zero attached hydrogens (tertiary/aromatic N) is 2. The Morgan fingerprint density at radius 2 is 1.27 bits per heavy atom. The van der Waals surface area contributed by atoms with Gasteiger partial charge in [-0.05, 0) is 36.4 Å². The monoisotopic (exact) mass is 527 g/mol. The number of pyridine rings is 2. The Morgan fingerprint density at radius 1 is 0.757 bits per heavy atom. The first-order valence-corrected chi connectivity index (χ1v) is 10.5. The van der Waals surface area contributed by atoms with Gasteiger partial charge in [-0.3, -0.25) is 19.6 Å². The van der Waals surface area contributed by atoms with Gasteiger partial charge in [0.1, 0.15) is 46.0 Å². The number of rotatable bonds is 7. The molecule has 0 aliphatic carbocycles. The van der Waals surface area contributed by atoms with Gasteiger partial charge in [0.15, 0.2) is 0 Å². The zero-order chi connectivity index (χ0) is 25.7. The maximum atomic E-state index is 14.7. The molecule has 0 unspecified atom stereocenters. The Morgan fingerprint density at radius 3 is 1.81 bits per heavy atom. The highest BCUT2D eigenvalue weighted by Crippen LogP contribution is 2.27. The third kappa shape index (κ3) is 6.67. The summed E-state index contributed by atoms with van der Waals surface area (Å²) >= 11 is 0. The molecule has 0 bridgehead atoms. The molecule has 0 spiro atoms. The van der Waals surface area contributed by atoms with Crippen molar-refractivity contribution in [2.45, 2.75) is 0 Å². The molecule has 0 saturated heterocycles. The molecule has 2 aromatic heterocycles. The van der Waals surface area contributed by atoms with Crippen molar-refractivity contribution in [3.8, 4) is 23.0 Å². The largest absolute Gasteiger partial charge is 0.457 e. The molecule has 0 radical (unpaired) electrons. The molecular formula is C25H20ClF2N5O4. The summed E-state index contributed by atoms with van der Waals surface area (Å²) in [5, 5.41) is 4.88. The van der Waals surface area contributed by atoms with Crippen LogP contribution >= 0.6 is 12.4 Å². The van der Waals surface area contributed by atoms with Crippen molar-refractivity contribution < 1.29 is 27.8 Å². The summed E-state index contributed by atoms with van der Waals surface area (Å²) in [5.41, 5.74) is 5.40. The summed E-state index contributed by atoms with van der Waals surface area (Å²) in [7, 11) is 1.47. The van der Waals surface area contributed by atoms with Crippen LogP contribution in [-0.4, -0.2) is 28.8 Å². The number of aromatic nitrogens is 2. The average Bonchev–Trinajstić information content (AvgIpc) is 2.87. The molecular weight excluding hydrogens is 508 g/mol. The molecule has 0 atom stereocenters. The highest BCUT2D eigenvalue weighted by Gasteiger charge is 2.14. The lowest BCUT2D eigenvalue weighted by atomic mass is 10.2. The lowest BCUT2D eigenvalue weighted by molar-refractivity contribution is 0.0957. The summed E-state index contributed by atoms with van der Waals surface area (Å²) < 4.78 is 39.4. The number of hydrogen-bond acceptors (Lipinski definition) is 7. The van der Waals surface area contributed by atoms with E-state index in [1.54, 1.807) is 0 Å². The second-order valence-electron chi connectivity index (χ2n) is 7.32. The minimum Gasteiger partial charge on any atom is -0.457 e. The number of hydrogen-bond donors (Lipinski definition) is 3. The van der Waals surface area contributed by atoms with Crippen LogP contribution in [0.5, 0.6) is 23.0 Å². The lowest BCUT2D eigenvalue weighted by Gasteiger charge is -2.11. The zero-order valence-corrected chi connectivity index (χ0v) is 20.0. The molecule has 190 valence electrons. The SMILES string of the molecule is CNC(=O)c1cc(Oc2ccc(NC(=O)c3cc(Oc4ccc(N)c(F)c4)ccn3)c(F)c2)ccn1.Cl. The number of amides is 2. The highest BCUT2D eigenvalue weighted by molar-refractivity contribution is 6.03. The number of carbonyl (C=O) groups is 2. The van der Waals surface area contributed by atoms with E-state index in [9.17, 15) is 18.4 Å². The number of nitrogens with two attached hydrogens (primary N) is 1. The zero-order valence-electron chi connectivity index (χ0n) is 19.2. The van der Waals surface area contributed by atoms with Gasteiger partial charge >= 0.3 is 0 Å². The van der Waals surface area contributed by atoms with E-state index in [2.05, 4.69) is 20.6 Å². The van der Waals surface area contributed by atoms with Gasteiger partial charge in [0.2, 0.25) is 0 Å². The van der Waals surface area contributed by atoms with Crippen LogP contribution in [0.3, 0.4) is 0 Å². The summed E-state index contributed by atoms with van der Waals surface area (Å²) in [6.07, 6.45) is 2.71. The fraction of sp³-hybridized carbons (Fsp3) is 0.0400. The third-order valence-corrected chi connectivity index (χ3v) is 4.79. The van der Waals surface area contributed by atoms with Crippen molar-refractivity contribution in [2.24, 2.45) is 0 Å². The topological polar surface area (TPSA) is 128 Å². The standard InChI is InChI=1S/C25H19F2N5O4.ClH/c1-29-24(33)22-12-16(6-8-30-22)36-15-3-5-21(19(27)11-15)32-25(34)23-13-17(7-9-31-23)35-14-2-4-20(28)18(26)10-14;/h2-13H,28H2,1H3,(H,29,33)(H,32,34);1H. The number of ether oxygens (including phenoxy) is 2. The molecule has 0 saturated carbocycles. The van der Waals surface area contributed by atoms with E-state index in [1.807, 2.05) is 0 Å². The van der Waals surface area contributed by atoms with Crippen LogP contribution < -0.4 is 25.8 Å². The second kappa shape index (κ2) is 11.8. The van der Waals surface area contributed by atoms with Gasteiger partial charge < -0.3 is 25.8 Å². The van der Waals surface area contributed by atoms with Crippen molar-refractivity contribution in [3.63, 3.8) is 0 Å². The molecule has 0 aliphatic heterocycles. The molecule has 2 heterocycles. The quantitative estimate of drug-likeness (QED) is 0.290. The fourth-order valence-corrected chi connectivity index (χ4v) is 3.02. The van der Waals surface area contributed by atoms with Crippen LogP contribution in [0.2, 0.25) is 0 Å². The van der Waals surface area contributed by atoms with Crippen molar-refractivity contribution in [2.75, 3.05) is 18.1 Å². The van der Waals surface area contributed by atoms with Crippen molar-refractivity contribution in [1.82, 2.24) is 15.3 Å². The van der Waals surface area contributed by atoms with Crippen LogP contribution in [0.25, 0.3) is 0 Å². The number of benzene rings is 2. The molecule has 0 aliphatic rings. The normalized spacial score (nSPS) is 10.1. The van der Waals surface area contributed by atoms with Crippen LogP contribution in [-0.2, 0) is 0 Å². The van der Waals surface area contributed by atoms with Crippen molar-refractivity contribution in [3.05, 3.63) is 96.1 Å². The maximum Gasteiger partial charge on any atom is 0.274 e. The minimum atomic E-state index is -0.758. The second-order valence-corrected chi connectivity index (χ2v) is 7.32. The van der Waals surface area contributed by atoms with Crippen molar-refractivity contribution >= 4 is 35.6 Å². The summed E-state index contributed by atoms with van der Waals surface area (Å²) in [6, 6.07) is 13.5. The van der Waals surface area contributed by atoms with Gasteiger partial charge in [-0.1, -0.05) is 0 Å². The van der Waals surface area contributed by atoms with Crippen LogP contribution in [0, 0.1) is 11.6 Å². The van der Waals surface area contributed by atoms with Crippen LogP contribution in [0.4, 0.5) is 20.2 Å². The van der Waals surface area contributed by atoms with Crippen LogP contribution in [0.15, 0.2) is 73.1 Å². The predicted octanol–water partition coefficient (Wildman–Crippen LogP) is 4.96. The Bertz CT molecular complexity index is 1450. The van der Waals surface area contributed by atoms with E-state index in [1.165, 1.54) is 68.0 Å². The highest BCUT2D eigenvalue weighted by atomic mass is 35.5. The Balaban J connectivity index is 0.00000380. The fourth-order valence-electron chi connectivity index (χ4n) is 3.02. The first-order chi connectivity index (χ1) is 17.3. The Kier molecular flexibility index (Phi) is 8.54. The third-order valence-electron chi connectivity index (χ3n) is 4.79. The molecule has 2 aromatic carbocycles. The molecule has 2 amide bonds. The molecule has 4 rings (SSSR count). The lowest BCUT2D eigenvalue weighted by Crippen LogP contribution is -2.18. The first-order valence-electron chi connectivity index (χ1n) is 10.5. The summed E-state index contributed by atoms with van der Waals surface area (Å²) in [6.45, 7) is 0. The van der Waals surface area contributed by atoms with E-state index in [-0.39, 0.29) is 58.2 Å². The average molecular weight is 528 g/mol. The number of anilines is 2. The molecule has 4 N–H and O–H groups in total. The van der Waals surface area contributed by atoms with E-state index in [0.29, 0.717) is 0 Å². The number of carbonyl (C=O) groups excluding carboxylic acids is 2.